The minimum absolute atomic E-state index is 0.0435. The second-order valence-electron chi connectivity index (χ2n) is 5.25. The Morgan fingerprint density at radius 2 is 1.76 bits per heavy atom. The van der Waals surface area contributed by atoms with Crippen LogP contribution in [0.15, 0.2) is 18.3 Å². The largest absolute Gasteiger partial charge is 0.468 e. The highest BCUT2D eigenvalue weighted by molar-refractivity contribution is 5.55. The van der Waals surface area contributed by atoms with Crippen LogP contribution in [0.25, 0.3) is 5.82 Å². The van der Waals surface area contributed by atoms with E-state index in [4.69, 9.17) is 5.73 Å². The van der Waals surface area contributed by atoms with Crippen LogP contribution in [0.1, 0.15) is 17.9 Å². The number of anilines is 1. The summed E-state index contributed by atoms with van der Waals surface area (Å²) < 4.78 is 79.7. The normalized spacial score (nSPS) is 12.4. The van der Waals surface area contributed by atoms with Crippen molar-refractivity contribution >= 4 is 5.69 Å². The first kappa shape index (κ1) is 18.9. The predicted octanol–water partition coefficient (Wildman–Crippen LogP) is 3.59. The number of alkyl halides is 6. The minimum Gasteiger partial charge on any atom is -0.468 e. The maximum Gasteiger partial charge on any atom is 0.422 e. The van der Waals surface area contributed by atoms with E-state index in [0.29, 0.717) is 5.69 Å². The molecule has 0 unspecified atom stereocenters. The summed E-state index contributed by atoms with van der Waals surface area (Å²) in [5.74, 6) is -0.353. The molecule has 0 saturated heterocycles. The van der Waals surface area contributed by atoms with Crippen LogP contribution in [0, 0.1) is 6.92 Å². The molecule has 2 aromatic rings. The van der Waals surface area contributed by atoms with Crippen LogP contribution < -0.4 is 10.5 Å². The molecule has 0 radical (unpaired) electrons. The molecule has 0 fully saturated rings. The van der Waals surface area contributed by atoms with Gasteiger partial charge in [0.2, 0.25) is 5.88 Å². The summed E-state index contributed by atoms with van der Waals surface area (Å²) >= 11 is 0. The van der Waals surface area contributed by atoms with Gasteiger partial charge in [0.05, 0.1) is 17.8 Å². The quantitative estimate of drug-likeness (QED) is 0.819. The molecule has 0 bridgehead atoms. The molecule has 0 spiro atoms. The molecule has 25 heavy (non-hydrogen) atoms. The maximum atomic E-state index is 12.4. The van der Waals surface area contributed by atoms with Gasteiger partial charge in [-0.05, 0) is 13.0 Å². The third-order valence-electron chi connectivity index (χ3n) is 3.02. The number of nitrogens with two attached hydrogens (primary N) is 1. The van der Waals surface area contributed by atoms with E-state index < -0.39 is 31.8 Å². The highest BCUT2D eigenvalue weighted by atomic mass is 19.4. The van der Waals surface area contributed by atoms with Crippen molar-refractivity contribution in [2.45, 2.75) is 32.1 Å². The summed E-state index contributed by atoms with van der Waals surface area (Å²) in [6.07, 6.45) is -9.05. The minimum atomic E-state index is -4.55. The molecule has 5 nitrogen and oxygen atoms in total. The van der Waals surface area contributed by atoms with Gasteiger partial charge in [-0.1, -0.05) is 0 Å². The van der Waals surface area contributed by atoms with Crippen LogP contribution in [0.2, 0.25) is 0 Å². The molecule has 2 heterocycles. The predicted molar refractivity (Wildman–Crippen MR) is 76.4 cm³/mol. The van der Waals surface area contributed by atoms with Crippen molar-refractivity contribution in [3.63, 3.8) is 0 Å². The number of aromatic nitrogens is 3. The molecule has 0 saturated carbocycles. The number of aryl methyl sites for hydroxylation is 2. The van der Waals surface area contributed by atoms with Crippen molar-refractivity contribution in [2.75, 3.05) is 12.3 Å². The lowest BCUT2D eigenvalue weighted by Crippen LogP contribution is -2.20. The van der Waals surface area contributed by atoms with Gasteiger partial charge in [0.25, 0.3) is 0 Å². The third kappa shape index (κ3) is 5.54. The molecular weight excluding hydrogens is 354 g/mol. The lowest BCUT2D eigenvalue weighted by molar-refractivity contribution is -0.154. The Bertz CT molecular complexity index is 738. The van der Waals surface area contributed by atoms with E-state index in [1.807, 2.05) is 0 Å². The number of halogens is 6. The topological polar surface area (TPSA) is 66.0 Å². The van der Waals surface area contributed by atoms with Gasteiger partial charge in [-0.15, -0.1) is 0 Å². The molecule has 0 aliphatic rings. The summed E-state index contributed by atoms with van der Waals surface area (Å²) in [5, 5.41) is 0. The van der Waals surface area contributed by atoms with E-state index in [2.05, 4.69) is 14.7 Å². The van der Waals surface area contributed by atoms with E-state index >= 15 is 0 Å². The fourth-order valence-electron chi connectivity index (χ4n) is 2.03. The highest BCUT2D eigenvalue weighted by Gasteiger charge is 2.29. The van der Waals surface area contributed by atoms with Crippen molar-refractivity contribution < 1.29 is 31.1 Å². The molecule has 2 aromatic heterocycles. The molecule has 0 aliphatic heterocycles. The zero-order valence-corrected chi connectivity index (χ0v) is 12.9. The Morgan fingerprint density at radius 3 is 2.36 bits per heavy atom. The van der Waals surface area contributed by atoms with Crippen molar-refractivity contribution in [2.24, 2.45) is 0 Å². The molecule has 0 aliphatic carbocycles. The van der Waals surface area contributed by atoms with Gasteiger partial charge < -0.3 is 10.5 Å². The van der Waals surface area contributed by atoms with Crippen LogP contribution in [0.3, 0.4) is 0 Å². The van der Waals surface area contributed by atoms with Crippen molar-refractivity contribution in [1.29, 1.82) is 0 Å². The van der Waals surface area contributed by atoms with E-state index in [9.17, 15) is 26.3 Å². The first-order valence-electron chi connectivity index (χ1n) is 7.03. The molecule has 2 N–H and O–H groups in total. The number of nitrogen functional groups attached to an aromatic ring is 1. The number of pyridine rings is 1. The summed E-state index contributed by atoms with van der Waals surface area (Å²) in [7, 11) is 0. The highest BCUT2D eigenvalue weighted by Crippen LogP contribution is 2.26. The molecule has 0 aromatic carbocycles. The summed E-state index contributed by atoms with van der Waals surface area (Å²) in [6.45, 7) is 0.0149. The van der Waals surface area contributed by atoms with Crippen molar-refractivity contribution in [1.82, 2.24) is 14.5 Å². The first-order valence-corrected chi connectivity index (χ1v) is 7.03. The molecule has 0 amide bonds. The number of imidazole rings is 1. The van der Waals surface area contributed by atoms with Gasteiger partial charge in [-0.25, -0.2) is 4.98 Å². The Morgan fingerprint density at radius 1 is 1.08 bits per heavy atom. The summed E-state index contributed by atoms with van der Waals surface area (Å²) in [5.41, 5.74) is 6.23. The zero-order chi connectivity index (χ0) is 18.8. The van der Waals surface area contributed by atoms with E-state index in [-0.39, 0.29) is 23.2 Å². The van der Waals surface area contributed by atoms with Crippen molar-refractivity contribution in [3.05, 3.63) is 29.8 Å². The van der Waals surface area contributed by atoms with Gasteiger partial charge in [-0.2, -0.15) is 31.3 Å². The molecule has 2 rings (SSSR count). The van der Waals surface area contributed by atoms with Gasteiger partial charge in [0, 0.05) is 18.7 Å². The zero-order valence-electron chi connectivity index (χ0n) is 12.9. The average Bonchev–Trinajstić information content (AvgIpc) is 2.83. The van der Waals surface area contributed by atoms with Gasteiger partial charge in [0.1, 0.15) is 5.82 Å². The van der Waals surface area contributed by atoms with Gasteiger partial charge in [-0.3, -0.25) is 4.57 Å². The van der Waals surface area contributed by atoms with E-state index in [0.717, 1.165) is 6.07 Å². The average molecular weight is 368 g/mol. The monoisotopic (exact) mass is 368 g/mol. The SMILES string of the molecule is Cc1cn(-c2nc(OCC(F)(F)F)ccc2N)c(CCC(F)(F)F)n1. The number of ether oxygens (including phenoxy) is 1. The summed E-state index contributed by atoms with van der Waals surface area (Å²) in [4.78, 5) is 7.85. The van der Waals surface area contributed by atoms with Crippen LogP contribution in [-0.2, 0) is 6.42 Å². The van der Waals surface area contributed by atoms with Crippen LogP contribution >= 0.6 is 0 Å². The Kier molecular flexibility index (Phi) is 5.14. The third-order valence-corrected chi connectivity index (χ3v) is 3.02. The maximum absolute atomic E-state index is 12.4. The van der Waals surface area contributed by atoms with Gasteiger partial charge >= 0.3 is 12.4 Å². The second-order valence-corrected chi connectivity index (χ2v) is 5.25. The number of nitrogens with zero attached hydrogens (tertiary/aromatic N) is 3. The Balaban J connectivity index is 2.31. The molecular formula is C14H14F6N4O. The van der Waals surface area contributed by atoms with E-state index in [1.54, 1.807) is 6.92 Å². The second kappa shape index (κ2) is 6.81. The lowest BCUT2D eigenvalue weighted by Gasteiger charge is -2.13. The van der Waals surface area contributed by atoms with Crippen molar-refractivity contribution in [3.8, 4) is 11.7 Å². The fourth-order valence-corrected chi connectivity index (χ4v) is 2.03. The number of hydrogen-bond acceptors (Lipinski definition) is 4. The smallest absolute Gasteiger partial charge is 0.422 e. The molecule has 11 heteroatoms. The molecule has 138 valence electrons. The first-order chi connectivity index (χ1) is 11.4. The lowest BCUT2D eigenvalue weighted by atomic mass is 10.3. The number of hydrogen-bond donors (Lipinski definition) is 1. The number of rotatable bonds is 5. The van der Waals surface area contributed by atoms with Gasteiger partial charge in [0.15, 0.2) is 12.4 Å². The van der Waals surface area contributed by atoms with Crippen LogP contribution in [0.4, 0.5) is 32.0 Å². The van der Waals surface area contributed by atoms with Crippen LogP contribution in [-0.4, -0.2) is 33.5 Å². The standard InChI is InChI=1S/C14H14F6N4O/c1-8-6-24(10(22-8)4-5-13(15,16)17)12-9(21)2-3-11(23-12)25-7-14(18,19)20/h2-3,6H,4-5,7,21H2,1H3. The Labute approximate surface area is 138 Å². The van der Waals surface area contributed by atoms with Crippen LogP contribution in [0.5, 0.6) is 5.88 Å². The summed E-state index contributed by atoms with van der Waals surface area (Å²) in [6, 6.07) is 2.40. The Hall–Kier alpha value is -2.46. The molecule has 0 atom stereocenters. The fraction of sp³-hybridized carbons (Fsp3) is 0.429. The van der Waals surface area contributed by atoms with E-state index in [1.165, 1.54) is 16.8 Å².